The van der Waals surface area contributed by atoms with Crippen molar-refractivity contribution in [1.82, 2.24) is 0 Å². The Bertz CT molecular complexity index is 995. The molecule has 0 unspecified atom stereocenters. The van der Waals surface area contributed by atoms with Crippen LogP contribution in [0.5, 0.6) is 5.75 Å². The van der Waals surface area contributed by atoms with Crippen molar-refractivity contribution in [3.05, 3.63) is 66.7 Å². The highest BCUT2D eigenvalue weighted by molar-refractivity contribution is 7.92. The van der Waals surface area contributed by atoms with E-state index < -0.39 is 10.0 Å². The van der Waals surface area contributed by atoms with E-state index in [0.717, 1.165) is 16.5 Å². The van der Waals surface area contributed by atoms with Crippen molar-refractivity contribution in [3.63, 3.8) is 0 Å². The first-order valence-electron chi connectivity index (χ1n) is 8.70. The van der Waals surface area contributed by atoms with Gasteiger partial charge in [0.2, 0.25) is 0 Å². The number of hydrogen-bond acceptors (Lipinski definition) is 3. The third-order valence-electron chi connectivity index (χ3n) is 4.09. The minimum atomic E-state index is -3.64. The van der Waals surface area contributed by atoms with Crippen LogP contribution < -0.4 is 9.04 Å². The van der Waals surface area contributed by atoms with E-state index in [2.05, 4.69) is 0 Å². The molecule has 0 saturated carbocycles. The van der Waals surface area contributed by atoms with E-state index in [1.54, 1.807) is 36.4 Å². The molecule has 136 valence electrons. The molecular formula is C21H23NO3S. The van der Waals surface area contributed by atoms with Gasteiger partial charge in [-0.25, -0.2) is 8.42 Å². The van der Waals surface area contributed by atoms with Crippen LogP contribution in [-0.2, 0) is 10.0 Å². The number of anilines is 1. The fourth-order valence-electron chi connectivity index (χ4n) is 2.91. The normalized spacial score (nSPS) is 11.7. The Morgan fingerprint density at radius 1 is 0.923 bits per heavy atom. The molecular weight excluding hydrogens is 346 g/mol. The van der Waals surface area contributed by atoms with Crippen molar-refractivity contribution in [2.75, 3.05) is 10.8 Å². The Labute approximate surface area is 155 Å². The van der Waals surface area contributed by atoms with Gasteiger partial charge in [-0.1, -0.05) is 30.3 Å². The second kappa shape index (κ2) is 7.38. The summed E-state index contributed by atoms with van der Waals surface area (Å²) in [5.41, 5.74) is 0.622. The van der Waals surface area contributed by atoms with Crippen LogP contribution in [0.2, 0.25) is 0 Å². The van der Waals surface area contributed by atoms with Gasteiger partial charge in [0, 0.05) is 6.54 Å². The predicted molar refractivity (Wildman–Crippen MR) is 106 cm³/mol. The first-order valence-corrected chi connectivity index (χ1v) is 10.1. The quantitative estimate of drug-likeness (QED) is 0.624. The fraction of sp³-hybridized carbons (Fsp3) is 0.238. The van der Waals surface area contributed by atoms with Crippen LogP contribution >= 0.6 is 0 Å². The smallest absolute Gasteiger partial charge is 0.264 e. The highest BCUT2D eigenvalue weighted by atomic mass is 32.2. The molecule has 0 aliphatic carbocycles. The molecule has 0 bridgehead atoms. The van der Waals surface area contributed by atoms with Gasteiger partial charge >= 0.3 is 0 Å². The number of fused-ring (bicyclic) bond motifs is 1. The van der Waals surface area contributed by atoms with Crippen molar-refractivity contribution >= 4 is 26.5 Å². The van der Waals surface area contributed by atoms with Crippen LogP contribution in [0.25, 0.3) is 10.8 Å². The highest BCUT2D eigenvalue weighted by Gasteiger charge is 2.23. The summed E-state index contributed by atoms with van der Waals surface area (Å²) in [6, 6.07) is 20.1. The summed E-state index contributed by atoms with van der Waals surface area (Å²) in [6.45, 7) is 6.09. The lowest BCUT2D eigenvalue weighted by Gasteiger charge is -2.23. The first kappa shape index (κ1) is 18.3. The minimum Gasteiger partial charge on any atom is -0.491 e. The van der Waals surface area contributed by atoms with E-state index in [0.29, 0.717) is 17.1 Å². The molecule has 0 fully saturated rings. The molecule has 0 aliphatic heterocycles. The molecule has 0 radical (unpaired) electrons. The van der Waals surface area contributed by atoms with E-state index in [-0.39, 0.29) is 6.10 Å². The summed E-state index contributed by atoms with van der Waals surface area (Å²) in [5, 5.41) is 1.93. The van der Waals surface area contributed by atoms with Crippen LogP contribution in [0.15, 0.2) is 71.6 Å². The molecule has 0 saturated heterocycles. The van der Waals surface area contributed by atoms with E-state index in [4.69, 9.17) is 4.74 Å². The van der Waals surface area contributed by atoms with E-state index in [1.807, 2.05) is 51.1 Å². The van der Waals surface area contributed by atoms with Crippen molar-refractivity contribution in [2.24, 2.45) is 0 Å². The van der Waals surface area contributed by atoms with Gasteiger partial charge in [-0.3, -0.25) is 4.31 Å². The van der Waals surface area contributed by atoms with Crippen molar-refractivity contribution in [1.29, 1.82) is 0 Å². The van der Waals surface area contributed by atoms with Gasteiger partial charge in [-0.2, -0.15) is 0 Å². The largest absolute Gasteiger partial charge is 0.491 e. The molecule has 0 heterocycles. The Morgan fingerprint density at radius 2 is 1.58 bits per heavy atom. The molecule has 26 heavy (non-hydrogen) atoms. The fourth-order valence-corrected chi connectivity index (χ4v) is 4.42. The summed E-state index contributed by atoms with van der Waals surface area (Å²) in [7, 11) is -3.64. The highest BCUT2D eigenvalue weighted by Crippen LogP contribution is 2.27. The molecule has 0 aromatic heterocycles. The molecule has 0 N–H and O–H groups in total. The summed E-state index contributed by atoms with van der Waals surface area (Å²) in [6.07, 6.45) is 0.0736. The monoisotopic (exact) mass is 369 g/mol. The molecule has 0 atom stereocenters. The zero-order chi connectivity index (χ0) is 18.7. The Balaban J connectivity index is 1.96. The van der Waals surface area contributed by atoms with E-state index in [1.165, 1.54) is 4.31 Å². The lowest BCUT2D eigenvalue weighted by molar-refractivity contribution is 0.242. The lowest BCUT2D eigenvalue weighted by atomic mass is 10.1. The molecule has 0 spiro atoms. The maximum atomic E-state index is 13.2. The van der Waals surface area contributed by atoms with E-state index in [9.17, 15) is 8.42 Å². The van der Waals surface area contributed by atoms with Gasteiger partial charge in [0.15, 0.2) is 0 Å². The van der Waals surface area contributed by atoms with Gasteiger partial charge in [-0.15, -0.1) is 0 Å². The Kier molecular flexibility index (Phi) is 5.18. The number of nitrogens with zero attached hydrogens (tertiary/aromatic N) is 1. The summed E-state index contributed by atoms with van der Waals surface area (Å²) in [5.74, 6) is 0.725. The Hall–Kier alpha value is -2.53. The summed E-state index contributed by atoms with van der Waals surface area (Å²) < 4.78 is 33.4. The number of ether oxygens (including phenoxy) is 1. The number of hydrogen-bond donors (Lipinski definition) is 0. The Morgan fingerprint density at radius 3 is 2.19 bits per heavy atom. The molecule has 5 heteroatoms. The van der Waals surface area contributed by atoms with Crippen LogP contribution in [0.4, 0.5) is 5.69 Å². The van der Waals surface area contributed by atoms with Gasteiger partial charge < -0.3 is 4.74 Å². The molecule has 3 rings (SSSR count). The van der Waals surface area contributed by atoms with Crippen molar-refractivity contribution < 1.29 is 13.2 Å². The van der Waals surface area contributed by atoms with Gasteiger partial charge in [0.1, 0.15) is 5.75 Å². The van der Waals surface area contributed by atoms with Gasteiger partial charge in [-0.05, 0) is 67.9 Å². The van der Waals surface area contributed by atoms with Crippen LogP contribution in [-0.4, -0.2) is 21.1 Å². The molecule has 3 aromatic carbocycles. The zero-order valence-electron chi connectivity index (χ0n) is 15.2. The average molecular weight is 369 g/mol. The summed E-state index contributed by atoms with van der Waals surface area (Å²) in [4.78, 5) is 0.292. The predicted octanol–water partition coefficient (Wildman–Crippen LogP) is 4.84. The summed E-state index contributed by atoms with van der Waals surface area (Å²) >= 11 is 0. The molecule has 4 nitrogen and oxygen atoms in total. The van der Waals surface area contributed by atoms with Gasteiger partial charge in [0.25, 0.3) is 10.0 Å². The number of rotatable bonds is 6. The minimum absolute atomic E-state index is 0.0736. The van der Waals surface area contributed by atoms with Crippen molar-refractivity contribution in [2.45, 2.75) is 31.8 Å². The van der Waals surface area contributed by atoms with Crippen LogP contribution in [0.1, 0.15) is 20.8 Å². The second-order valence-electron chi connectivity index (χ2n) is 6.34. The standard InChI is InChI=1S/C21H23NO3S/c1-4-22(19-10-12-20(13-11-19)25-16(2)3)26(23,24)21-14-9-17-7-5-6-8-18(17)15-21/h5-16H,4H2,1-3H3. The molecule has 0 aliphatic rings. The van der Waals surface area contributed by atoms with Crippen LogP contribution in [0, 0.1) is 0 Å². The topological polar surface area (TPSA) is 46.6 Å². The van der Waals surface area contributed by atoms with Crippen molar-refractivity contribution in [3.8, 4) is 5.75 Å². The zero-order valence-corrected chi connectivity index (χ0v) is 16.0. The average Bonchev–Trinajstić information content (AvgIpc) is 2.62. The SMILES string of the molecule is CCN(c1ccc(OC(C)C)cc1)S(=O)(=O)c1ccc2ccccc2c1. The maximum absolute atomic E-state index is 13.2. The molecule has 3 aromatic rings. The third kappa shape index (κ3) is 3.68. The molecule has 0 amide bonds. The first-order chi connectivity index (χ1) is 12.4. The maximum Gasteiger partial charge on any atom is 0.264 e. The van der Waals surface area contributed by atoms with Gasteiger partial charge in [0.05, 0.1) is 16.7 Å². The van der Waals surface area contributed by atoms with Crippen LogP contribution in [0.3, 0.4) is 0 Å². The third-order valence-corrected chi connectivity index (χ3v) is 5.99. The lowest BCUT2D eigenvalue weighted by Crippen LogP contribution is -2.30. The second-order valence-corrected chi connectivity index (χ2v) is 8.20. The van der Waals surface area contributed by atoms with E-state index >= 15 is 0 Å². The number of sulfonamides is 1. The number of benzene rings is 3.